The minimum Gasteiger partial charge on any atom is -0.465 e. The largest absolute Gasteiger partial charge is 0.465 e. The van der Waals surface area contributed by atoms with Gasteiger partial charge in [0.2, 0.25) is 0 Å². The van der Waals surface area contributed by atoms with E-state index in [0.29, 0.717) is 23.5 Å². The van der Waals surface area contributed by atoms with Gasteiger partial charge in [-0.05, 0) is 30.2 Å². The number of aryl methyl sites for hydroxylation is 1. The highest BCUT2D eigenvalue weighted by molar-refractivity contribution is 5.95. The fourth-order valence-corrected chi connectivity index (χ4v) is 2.27. The van der Waals surface area contributed by atoms with Crippen LogP contribution in [0.25, 0.3) is 5.65 Å². The number of hydrogen-bond acceptors (Lipinski definition) is 4. The summed E-state index contributed by atoms with van der Waals surface area (Å²) in [7, 11) is 1.36. The molecule has 2 heterocycles. The Bertz CT molecular complexity index is 808. The first-order valence-corrected chi connectivity index (χ1v) is 6.66. The first kappa shape index (κ1) is 13.3. The molecule has 0 aliphatic carbocycles. The van der Waals surface area contributed by atoms with E-state index in [1.54, 1.807) is 22.8 Å². The van der Waals surface area contributed by atoms with E-state index < -0.39 is 5.97 Å². The topological polar surface area (TPSA) is 56.5 Å². The number of benzene rings is 1. The fourth-order valence-electron chi connectivity index (χ4n) is 2.27. The minimum absolute atomic E-state index is 0.407. The monoisotopic (exact) mass is 281 g/mol. The molecule has 0 saturated carbocycles. The van der Waals surface area contributed by atoms with E-state index in [0.717, 1.165) is 0 Å². The highest BCUT2D eigenvalue weighted by Gasteiger charge is 2.14. The summed E-state index contributed by atoms with van der Waals surface area (Å²) in [6.45, 7) is 2.06. The number of ether oxygens (including phenoxy) is 1. The van der Waals surface area contributed by atoms with Gasteiger partial charge >= 0.3 is 5.97 Å². The summed E-state index contributed by atoms with van der Waals surface area (Å²) < 4.78 is 6.38. The molecule has 0 aliphatic heterocycles. The molecular formula is C16H15N3O2. The molecule has 0 bridgehead atoms. The number of fused-ring (bicyclic) bond motifs is 1. The number of aromatic nitrogens is 3. The van der Waals surface area contributed by atoms with Crippen molar-refractivity contribution < 1.29 is 9.53 Å². The lowest BCUT2D eigenvalue weighted by molar-refractivity contribution is 0.0602. The molecule has 2 aromatic heterocycles. The zero-order chi connectivity index (χ0) is 14.8. The highest BCUT2D eigenvalue weighted by atomic mass is 16.5. The lowest BCUT2D eigenvalue weighted by Crippen LogP contribution is -2.04. The summed E-state index contributed by atoms with van der Waals surface area (Å²) in [5, 5.41) is 4.42. The smallest absolute Gasteiger partial charge is 0.341 e. The number of pyridine rings is 1. The van der Waals surface area contributed by atoms with Crippen LogP contribution in [-0.4, -0.2) is 27.7 Å². The van der Waals surface area contributed by atoms with Crippen molar-refractivity contribution in [1.82, 2.24) is 14.6 Å². The fraction of sp³-hybridized carbons (Fsp3) is 0.188. The van der Waals surface area contributed by atoms with Crippen LogP contribution < -0.4 is 0 Å². The van der Waals surface area contributed by atoms with Gasteiger partial charge in [0.05, 0.1) is 7.11 Å². The maximum absolute atomic E-state index is 11.7. The Labute approximate surface area is 122 Å². The maximum atomic E-state index is 11.7. The molecular weight excluding hydrogens is 266 g/mol. The molecule has 21 heavy (non-hydrogen) atoms. The molecule has 0 radical (unpaired) electrons. The van der Waals surface area contributed by atoms with E-state index in [4.69, 9.17) is 4.74 Å². The van der Waals surface area contributed by atoms with Crippen LogP contribution in [0.15, 0.2) is 42.6 Å². The zero-order valence-electron chi connectivity index (χ0n) is 11.9. The summed E-state index contributed by atoms with van der Waals surface area (Å²) in [5.74, 6) is 0.274. The molecule has 5 nitrogen and oxygen atoms in total. The van der Waals surface area contributed by atoms with Crippen molar-refractivity contribution in [1.29, 1.82) is 0 Å². The van der Waals surface area contributed by atoms with Gasteiger partial charge in [-0.15, -0.1) is 0 Å². The molecule has 106 valence electrons. The summed E-state index contributed by atoms with van der Waals surface area (Å²) in [6, 6.07) is 11.6. The standard InChI is InChI=1S/C16H15N3O2/c1-11-6-3-4-7-12(11)10-14-17-15-13(16(20)21-2)8-5-9-19(15)18-14/h3-9H,10H2,1-2H3. The first-order chi connectivity index (χ1) is 10.2. The summed E-state index contributed by atoms with van der Waals surface area (Å²) in [4.78, 5) is 16.2. The van der Waals surface area contributed by atoms with Crippen LogP contribution in [0.3, 0.4) is 0 Å². The number of esters is 1. The Morgan fingerprint density at radius 2 is 2.05 bits per heavy atom. The number of hydrogen-bond donors (Lipinski definition) is 0. The SMILES string of the molecule is COC(=O)c1cccn2nc(Cc3ccccc3C)nc12. The lowest BCUT2D eigenvalue weighted by Gasteiger charge is -2.01. The zero-order valence-corrected chi connectivity index (χ0v) is 11.9. The predicted molar refractivity (Wildman–Crippen MR) is 78.3 cm³/mol. The number of rotatable bonds is 3. The summed E-state index contributed by atoms with van der Waals surface area (Å²) in [5.41, 5.74) is 3.31. The highest BCUT2D eigenvalue weighted by Crippen LogP contribution is 2.14. The average Bonchev–Trinajstić information content (AvgIpc) is 2.91. The van der Waals surface area contributed by atoms with Crippen molar-refractivity contribution in [3.05, 3.63) is 65.1 Å². The molecule has 0 fully saturated rings. The quantitative estimate of drug-likeness (QED) is 0.692. The van der Waals surface area contributed by atoms with Gasteiger partial charge in [0.25, 0.3) is 0 Å². The van der Waals surface area contributed by atoms with Crippen LogP contribution in [0.1, 0.15) is 27.3 Å². The number of carbonyl (C=O) groups excluding carboxylic acids is 1. The van der Waals surface area contributed by atoms with Crippen LogP contribution >= 0.6 is 0 Å². The van der Waals surface area contributed by atoms with E-state index in [1.807, 2.05) is 12.1 Å². The normalized spacial score (nSPS) is 10.8. The third-order valence-corrected chi connectivity index (χ3v) is 3.42. The number of nitrogens with zero attached hydrogens (tertiary/aromatic N) is 3. The average molecular weight is 281 g/mol. The Hall–Kier alpha value is -2.69. The molecule has 0 unspecified atom stereocenters. The van der Waals surface area contributed by atoms with Crippen molar-refractivity contribution >= 4 is 11.6 Å². The molecule has 0 atom stereocenters. The first-order valence-electron chi connectivity index (χ1n) is 6.66. The Morgan fingerprint density at radius 3 is 2.81 bits per heavy atom. The second kappa shape index (κ2) is 5.36. The third-order valence-electron chi connectivity index (χ3n) is 3.42. The second-order valence-electron chi connectivity index (χ2n) is 4.81. The number of carbonyl (C=O) groups is 1. The van der Waals surface area contributed by atoms with Crippen molar-refractivity contribution in [2.24, 2.45) is 0 Å². The number of methoxy groups -OCH3 is 1. The van der Waals surface area contributed by atoms with Gasteiger partial charge in [-0.25, -0.2) is 14.3 Å². The molecule has 1 aromatic carbocycles. The molecule has 0 aliphatic rings. The van der Waals surface area contributed by atoms with E-state index in [-0.39, 0.29) is 0 Å². The predicted octanol–water partition coefficient (Wildman–Crippen LogP) is 2.42. The van der Waals surface area contributed by atoms with E-state index in [2.05, 4.69) is 29.1 Å². The Kier molecular flexibility index (Phi) is 3.39. The lowest BCUT2D eigenvalue weighted by atomic mass is 10.1. The molecule has 0 spiro atoms. The van der Waals surface area contributed by atoms with Crippen molar-refractivity contribution in [3.8, 4) is 0 Å². The van der Waals surface area contributed by atoms with Crippen LogP contribution in [0, 0.1) is 6.92 Å². The maximum Gasteiger partial charge on any atom is 0.341 e. The van der Waals surface area contributed by atoms with Gasteiger partial charge in [0.15, 0.2) is 11.5 Å². The van der Waals surface area contributed by atoms with Crippen LogP contribution in [-0.2, 0) is 11.2 Å². The van der Waals surface area contributed by atoms with Gasteiger partial charge in [-0.1, -0.05) is 24.3 Å². The Morgan fingerprint density at radius 1 is 1.24 bits per heavy atom. The van der Waals surface area contributed by atoms with Gasteiger partial charge < -0.3 is 4.74 Å². The van der Waals surface area contributed by atoms with E-state index >= 15 is 0 Å². The molecule has 3 aromatic rings. The van der Waals surface area contributed by atoms with E-state index in [9.17, 15) is 4.79 Å². The third kappa shape index (κ3) is 2.50. The van der Waals surface area contributed by atoms with Crippen molar-refractivity contribution in [2.45, 2.75) is 13.3 Å². The van der Waals surface area contributed by atoms with Gasteiger partial charge in [-0.3, -0.25) is 0 Å². The second-order valence-corrected chi connectivity index (χ2v) is 4.81. The summed E-state index contributed by atoms with van der Waals surface area (Å²) >= 11 is 0. The molecule has 0 saturated heterocycles. The van der Waals surface area contributed by atoms with Gasteiger partial charge in [0.1, 0.15) is 5.56 Å². The van der Waals surface area contributed by atoms with Gasteiger partial charge in [0, 0.05) is 12.6 Å². The van der Waals surface area contributed by atoms with Crippen molar-refractivity contribution in [2.75, 3.05) is 7.11 Å². The molecule has 0 N–H and O–H groups in total. The summed E-state index contributed by atoms with van der Waals surface area (Å²) in [6.07, 6.45) is 2.41. The minimum atomic E-state index is -0.407. The van der Waals surface area contributed by atoms with Crippen LogP contribution in [0.5, 0.6) is 0 Å². The van der Waals surface area contributed by atoms with E-state index in [1.165, 1.54) is 18.2 Å². The van der Waals surface area contributed by atoms with Gasteiger partial charge in [-0.2, -0.15) is 5.10 Å². The molecule has 3 rings (SSSR count). The Balaban J connectivity index is 2.02. The van der Waals surface area contributed by atoms with Crippen LogP contribution in [0.4, 0.5) is 0 Å². The van der Waals surface area contributed by atoms with Crippen molar-refractivity contribution in [3.63, 3.8) is 0 Å². The van der Waals surface area contributed by atoms with Crippen LogP contribution in [0.2, 0.25) is 0 Å². The molecule has 0 amide bonds. The molecule has 5 heteroatoms.